The van der Waals surface area contributed by atoms with Crippen LogP contribution in [0, 0.1) is 13.8 Å². The van der Waals surface area contributed by atoms with Crippen molar-refractivity contribution >= 4 is 5.96 Å². The van der Waals surface area contributed by atoms with Crippen LogP contribution >= 0.6 is 0 Å². The van der Waals surface area contributed by atoms with Gasteiger partial charge in [-0.05, 0) is 33.8 Å². The lowest BCUT2D eigenvalue weighted by molar-refractivity contribution is 0.0655. The molecule has 2 N–H and O–H groups in total. The summed E-state index contributed by atoms with van der Waals surface area (Å²) >= 11 is 0. The number of guanidine groups is 1. The molecule has 1 aromatic rings. The number of rotatable bonds is 4. The first-order chi connectivity index (χ1) is 8.77. The summed E-state index contributed by atoms with van der Waals surface area (Å²) in [6.07, 6.45) is 0. The summed E-state index contributed by atoms with van der Waals surface area (Å²) in [6, 6.07) is 1.87. The number of aliphatic hydroxyl groups is 1. The highest BCUT2D eigenvalue weighted by Gasteiger charge is 2.27. The van der Waals surface area contributed by atoms with Crippen molar-refractivity contribution in [3.63, 3.8) is 0 Å². The average molecular weight is 267 g/mol. The Morgan fingerprint density at radius 1 is 1.47 bits per heavy atom. The van der Waals surface area contributed by atoms with Crippen molar-refractivity contribution in [1.82, 2.24) is 10.2 Å². The van der Waals surface area contributed by atoms with Gasteiger partial charge in [-0.1, -0.05) is 0 Å². The minimum Gasteiger partial charge on any atom is -0.466 e. The molecular formula is C14H25N3O2. The molecule has 0 aliphatic heterocycles. The zero-order valence-corrected chi connectivity index (χ0v) is 12.7. The second-order valence-electron chi connectivity index (χ2n) is 5.17. The van der Waals surface area contributed by atoms with E-state index in [0.29, 0.717) is 0 Å². The first-order valence-electron chi connectivity index (χ1n) is 6.53. The topological polar surface area (TPSA) is 61.0 Å². The summed E-state index contributed by atoms with van der Waals surface area (Å²) in [4.78, 5) is 6.35. The molecule has 1 aromatic heterocycles. The number of furan rings is 1. The number of nitrogens with one attached hydrogen (secondary N) is 1. The number of hydrogen-bond acceptors (Lipinski definition) is 3. The van der Waals surface area contributed by atoms with Gasteiger partial charge in [0.1, 0.15) is 17.1 Å². The molecule has 108 valence electrons. The Hall–Kier alpha value is -1.49. The van der Waals surface area contributed by atoms with Crippen LogP contribution in [-0.4, -0.2) is 43.2 Å². The predicted molar refractivity (Wildman–Crippen MR) is 77.4 cm³/mol. The Balaban J connectivity index is 2.90. The van der Waals surface area contributed by atoms with E-state index < -0.39 is 5.60 Å². The van der Waals surface area contributed by atoms with Crippen molar-refractivity contribution in [3.05, 3.63) is 23.2 Å². The predicted octanol–water partition coefficient (Wildman–Crippen LogP) is 1.63. The van der Waals surface area contributed by atoms with Crippen LogP contribution in [0.4, 0.5) is 0 Å². The Morgan fingerprint density at radius 2 is 2.11 bits per heavy atom. The van der Waals surface area contributed by atoms with E-state index in [4.69, 9.17) is 4.42 Å². The Morgan fingerprint density at radius 3 is 2.53 bits per heavy atom. The normalized spacial score (nSPS) is 15.2. The highest BCUT2D eigenvalue weighted by atomic mass is 16.3. The first-order valence-corrected chi connectivity index (χ1v) is 6.53. The lowest BCUT2D eigenvalue weighted by atomic mass is 9.96. The monoisotopic (exact) mass is 267 g/mol. The third-order valence-electron chi connectivity index (χ3n) is 2.92. The molecule has 0 saturated carbocycles. The molecule has 0 spiro atoms. The third-order valence-corrected chi connectivity index (χ3v) is 2.92. The number of aliphatic imine (C=N–C) groups is 1. The van der Waals surface area contributed by atoms with Gasteiger partial charge in [0.15, 0.2) is 5.96 Å². The Kier molecular flexibility index (Phi) is 5.00. The van der Waals surface area contributed by atoms with Gasteiger partial charge in [0.05, 0.1) is 6.54 Å². The molecule has 0 bridgehead atoms. The molecule has 0 aromatic carbocycles. The number of aryl methyl sites for hydroxylation is 2. The summed E-state index contributed by atoms with van der Waals surface area (Å²) < 4.78 is 5.47. The molecule has 1 rings (SSSR count). The van der Waals surface area contributed by atoms with Crippen molar-refractivity contribution < 1.29 is 9.52 Å². The van der Waals surface area contributed by atoms with Crippen LogP contribution in [0.25, 0.3) is 0 Å². The zero-order chi connectivity index (χ0) is 14.6. The minimum absolute atomic E-state index is 0.285. The fourth-order valence-electron chi connectivity index (χ4n) is 1.99. The van der Waals surface area contributed by atoms with Gasteiger partial charge in [-0.2, -0.15) is 0 Å². The van der Waals surface area contributed by atoms with Crippen LogP contribution in [-0.2, 0) is 5.60 Å². The maximum absolute atomic E-state index is 10.6. The molecule has 1 heterocycles. The van der Waals surface area contributed by atoms with Crippen molar-refractivity contribution in [2.24, 2.45) is 4.99 Å². The van der Waals surface area contributed by atoms with Gasteiger partial charge >= 0.3 is 0 Å². The van der Waals surface area contributed by atoms with Crippen molar-refractivity contribution in [2.45, 2.75) is 33.3 Å². The molecule has 5 nitrogen and oxygen atoms in total. The smallest absolute Gasteiger partial charge is 0.193 e. The summed E-state index contributed by atoms with van der Waals surface area (Å²) in [7, 11) is 3.84. The third kappa shape index (κ3) is 3.99. The molecule has 0 aliphatic carbocycles. The first kappa shape index (κ1) is 15.6. The van der Waals surface area contributed by atoms with Crippen LogP contribution in [0.5, 0.6) is 0 Å². The molecule has 5 heteroatoms. The minimum atomic E-state index is -1.03. The van der Waals surface area contributed by atoms with Gasteiger partial charge in [0.2, 0.25) is 0 Å². The fourth-order valence-corrected chi connectivity index (χ4v) is 1.99. The molecule has 0 aliphatic rings. The van der Waals surface area contributed by atoms with Crippen LogP contribution in [0.3, 0.4) is 0 Å². The highest BCUT2D eigenvalue weighted by Crippen LogP contribution is 2.27. The van der Waals surface area contributed by atoms with Gasteiger partial charge < -0.3 is 19.7 Å². The summed E-state index contributed by atoms with van der Waals surface area (Å²) in [5, 5.41) is 13.7. The van der Waals surface area contributed by atoms with E-state index in [0.717, 1.165) is 29.6 Å². The summed E-state index contributed by atoms with van der Waals surface area (Å²) in [6.45, 7) is 8.58. The maximum Gasteiger partial charge on any atom is 0.193 e. The van der Waals surface area contributed by atoms with E-state index in [9.17, 15) is 5.11 Å². The molecule has 0 fully saturated rings. The second kappa shape index (κ2) is 6.10. The standard InChI is InChI=1S/C14H25N3O2/c1-7-15-13(17(5)6)16-9-14(4,18)12-8-10(2)19-11(12)3/h8,18H,7,9H2,1-6H3,(H,15,16). The van der Waals surface area contributed by atoms with Gasteiger partial charge in [-0.3, -0.25) is 0 Å². The van der Waals surface area contributed by atoms with Crippen LogP contribution in [0.15, 0.2) is 15.5 Å². The molecular weight excluding hydrogens is 242 g/mol. The van der Waals surface area contributed by atoms with E-state index >= 15 is 0 Å². The maximum atomic E-state index is 10.6. The SMILES string of the molecule is CCNC(=NCC(C)(O)c1cc(C)oc1C)N(C)C. The molecule has 0 amide bonds. The van der Waals surface area contributed by atoms with Crippen molar-refractivity contribution in [3.8, 4) is 0 Å². The van der Waals surface area contributed by atoms with E-state index in [1.165, 1.54) is 0 Å². The summed E-state index contributed by atoms with van der Waals surface area (Å²) in [5.74, 6) is 2.31. The van der Waals surface area contributed by atoms with E-state index in [1.807, 2.05) is 45.8 Å². The van der Waals surface area contributed by atoms with Gasteiger partial charge in [-0.25, -0.2) is 4.99 Å². The Bertz CT molecular complexity index is 448. The zero-order valence-electron chi connectivity index (χ0n) is 12.7. The largest absolute Gasteiger partial charge is 0.466 e. The van der Waals surface area contributed by atoms with Crippen molar-refractivity contribution in [1.29, 1.82) is 0 Å². The fraction of sp³-hybridized carbons (Fsp3) is 0.643. The Labute approximate surface area is 115 Å². The van der Waals surface area contributed by atoms with E-state index in [2.05, 4.69) is 10.3 Å². The summed E-state index contributed by atoms with van der Waals surface area (Å²) in [5.41, 5.74) is -0.234. The van der Waals surface area contributed by atoms with Crippen LogP contribution in [0.2, 0.25) is 0 Å². The number of hydrogen-bond donors (Lipinski definition) is 2. The van der Waals surface area contributed by atoms with Crippen molar-refractivity contribution in [2.75, 3.05) is 27.2 Å². The van der Waals surface area contributed by atoms with E-state index in [1.54, 1.807) is 6.92 Å². The lowest BCUT2D eigenvalue weighted by Gasteiger charge is -2.23. The molecule has 0 saturated heterocycles. The second-order valence-corrected chi connectivity index (χ2v) is 5.17. The van der Waals surface area contributed by atoms with Crippen LogP contribution in [0.1, 0.15) is 30.9 Å². The molecule has 1 unspecified atom stereocenters. The molecule has 1 atom stereocenters. The quantitative estimate of drug-likeness (QED) is 0.643. The average Bonchev–Trinajstić information content (AvgIpc) is 2.64. The van der Waals surface area contributed by atoms with Gasteiger partial charge in [-0.15, -0.1) is 0 Å². The lowest BCUT2D eigenvalue weighted by Crippen LogP contribution is -2.38. The van der Waals surface area contributed by atoms with Crippen LogP contribution < -0.4 is 5.32 Å². The van der Waals surface area contributed by atoms with E-state index in [-0.39, 0.29) is 6.54 Å². The highest BCUT2D eigenvalue weighted by molar-refractivity contribution is 5.79. The molecule has 19 heavy (non-hydrogen) atoms. The number of nitrogens with zero attached hydrogens (tertiary/aromatic N) is 2. The molecule has 0 radical (unpaired) electrons. The van der Waals surface area contributed by atoms with Gasteiger partial charge in [0, 0.05) is 26.2 Å². The van der Waals surface area contributed by atoms with Gasteiger partial charge in [0.25, 0.3) is 0 Å².